The first kappa shape index (κ1) is 18.7. The summed E-state index contributed by atoms with van der Waals surface area (Å²) >= 11 is 0. The summed E-state index contributed by atoms with van der Waals surface area (Å²) in [6, 6.07) is 3.99. The highest BCUT2D eigenvalue weighted by Gasteiger charge is 2.21. The first-order valence-electron chi connectivity index (χ1n) is 9.97. The fourth-order valence-electron chi connectivity index (χ4n) is 3.87. The van der Waals surface area contributed by atoms with Crippen molar-refractivity contribution in [3.8, 4) is 5.75 Å². The molecular weight excluding hydrogens is 324 g/mol. The Balaban J connectivity index is 1.78. The lowest BCUT2D eigenvalue weighted by atomic mass is 9.86. The van der Waals surface area contributed by atoms with Gasteiger partial charge >= 0.3 is 0 Å². The Labute approximate surface area is 156 Å². The number of aryl methyl sites for hydroxylation is 3. The minimum absolute atomic E-state index is 0.235. The van der Waals surface area contributed by atoms with Gasteiger partial charge in [-0.3, -0.25) is 4.79 Å². The predicted octanol–water partition coefficient (Wildman–Crippen LogP) is 4.69. The Bertz CT molecular complexity index is 777. The Morgan fingerprint density at radius 3 is 2.69 bits per heavy atom. The molecular formula is C22H30N2O2. The zero-order valence-electron chi connectivity index (χ0n) is 16.3. The third kappa shape index (κ3) is 4.00. The summed E-state index contributed by atoms with van der Waals surface area (Å²) in [5.41, 5.74) is 4.41. The van der Waals surface area contributed by atoms with E-state index in [1.165, 1.54) is 17.5 Å². The maximum atomic E-state index is 12.9. The number of fused-ring (bicyclic) bond motifs is 1. The van der Waals surface area contributed by atoms with Crippen molar-refractivity contribution in [3.05, 3.63) is 46.5 Å². The van der Waals surface area contributed by atoms with Gasteiger partial charge in [-0.2, -0.15) is 0 Å². The number of imidazole rings is 1. The maximum Gasteiger partial charge on any atom is 0.164 e. The second kappa shape index (κ2) is 8.52. The average Bonchev–Trinajstić information content (AvgIpc) is 3.03. The van der Waals surface area contributed by atoms with Gasteiger partial charge in [0.2, 0.25) is 0 Å². The fraction of sp³-hybridized carbons (Fsp3) is 0.545. The second-order valence-electron chi connectivity index (χ2n) is 7.14. The van der Waals surface area contributed by atoms with Crippen LogP contribution in [0.4, 0.5) is 0 Å². The van der Waals surface area contributed by atoms with E-state index in [-0.39, 0.29) is 5.78 Å². The third-order valence-corrected chi connectivity index (χ3v) is 5.13. The van der Waals surface area contributed by atoms with Gasteiger partial charge in [0, 0.05) is 31.1 Å². The van der Waals surface area contributed by atoms with E-state index in [2.05, 4.69) is 23.4 Å². The van der Waals surface area contributed by atoms with E-state index in [1.807, 2.05) is 25.3 Å². The molecule has 0 saturated heterocycles. The highest BCUT2D eigenvalue weighted by atomic mass is 16.5. The molecule has 0 amide bonds. The average molecular weight is 354 g/mol. The van der Waals surface area contributed by atoms with Crippen LogP contribution in [0.2, 0.25) is 0 Å². The van der Waals surface area contributed by atoms with Crippen molar-refractivity contribution in [1.82, 2.24) is 9.55 Å². The monoisotopic (exact) mass is 354 g/mol. The van der Waals surface area contributed by atoms with Crippen LogP contribution in [0.5, 0.6) is 5.75 Å². The Kier molecular flexibility index (Phi) is 6.12. The van der Waals surface area contributed by atoms with E-state index in [9.17, 15) is 4.79 Å². The Morgan fingerprint density at radius 1 is 1.19 bits per heavy atom. The minimum Gasteiger partial charge on any atom is -0.493 e. The second-order valence-corrected chi connectivity index (χ2v) is 7.14. The largest absolute Gasteiger partial charge is 0.493 e. The highest BCUT2D eigenvalue weighted by Crippen LogP contribution is 2.33. The number of aromatic nitrogens is 2. The fourth-order valence-corrected chi connectivity index (χ4v) is 3.87. The molecule has 4 nitrogen and oxygen atoms in total. The lowest BCUT2D eigenvalue weighted by Crippen LogP contribution is -2.14. The van der Waals surface area contributed by atoms with Gasteiger partial charge in [0.15, 0.2) is 5.78 Å². The van der Waals surface area contributed by atoms with E-state index in [4.69, 9.17) is 4.74 Å². The van der Waals surface area contributed by atoms with Crippen molar-refractivity contribution in [3.63, 3.8) is 0 Å². The van der Waals surface area contributed by atoms with Crippen molar-refractivity contribution < 1.29 is 9.53 Å². The van der Waals surface area contributed by atoms with Crippen molar-refractivity contribution in [2.24, 2.45) is 0 Å². The standard InChI is InChI=1S/C22H30N2O2/c1-4-14-26-21-11-10-18(17-8-6-7-9-19(17)21)20(25)12-13-24-15-16(3)23-22(24)5-2/h10-11,15H,4-9,12-14H2,1-3H3. The summed E-state index contributed by atoms with van der Waals surface area (Å²) in [6.45, 7) is 7.66. The first-order valence-corrected chi connectivity index (χ1v) is 9.97. The number of Topliss-reactive ketones (excluding diaryl/α,β-unsaturated/α-hetero) is 1. The quantitative estimate of drug-likeness (QED) is 0.646. The van der Waals surface area contributed by atoms with Crippen LogP contribution in [-0.2, 0) is 25.8 Å². The summed E-state index contributed by atoms with van der Waals surface area (Å²) in [6.07, 6.45) is 8.81. The zero-order valence-corrected chi connectivity index (χ0v) is 16.3. The molecule has 0 fully saturated rings. The smallest absolute Gasteiger partial charge is 0.164 e. The topological polar surface area (TPSA) is 44.1 Å². The first-order chi connectivity index (χ1) is 12.6. The van der Waals surface area contributed by atoms with Gasteiger partial charge in [0.1, 0.15) is 11.6 Å². The molecule has 140 valence electrons. The lowest BCUT2D eigenvalue weighted by molar-refractivity contribution is 0.0975. The molecule has 0 bridgehead atoms. The molecule has 0 saturated carbocycles. The van der Waals surface area contributed by atoms with E-state index in [0.717, 1.165) is 61.5 Å². The van der Waals surface area contributed by atoms with Crippen molar-refractivity contribution in [2.45, 2.75) is 72.3 Å². The zero-order chi connectivity index (χ0) is 18.5. The number of carbonyl (C=O) groups is 1. The summed E-state index contributed by atoms with van der Waals surface area (Å²) in [4.78, 5) is 17.5. The molecule has 1 aliphatic rings. The number of hydrogen-bond acceptors (Lipinski definition) is 3. The van der Waals surface area contributed by atoms with E-state index >= 15 is 0 Å². The van der Waals surface area contributed by atoms with Crippen molar-refractivity contribution >= 4 is 5.78 Å². The molecule has 3 rings (SSSR count). The van der Waals surface area contributed by atoms with Crippen molar-refractivity contribution in [1.29, 1.82) is 0 Å². The molecule has 0 radical (unpaired) electrons. The molecule has 0 unspecified atom stereocenters. The van der Waals surface area contributed by atoms with Gasteiger partial charge in [-0.15, -0.1) is 0 Å². The van der Waals surface area contributed by atoms with Gasteiger partial charge in [0.25, 0.3) is 0 Å². The van der Waals surface area contributed by atoms with Crippen LogP contribution in [0.25, 0.3) is 0 Å². The highest BCUT2D eigenvalue weighted by molar-refractivity contribution is 5.98. The lowest BCUT2D eigenvalue weighted by Gasteiger charge is -2.22. The molecule has 0 N–H and O–H groups in total. The maximum absolute atomic E-state index is 12.9. The molecule has 1 aromatic carbocycles. The molecule has 1 aromatic heterocycles. The molecule has 26 heavy (non-hydrogen) atoms. The van der Waals surface area contributed by atoms with Gasteiger partial charge in [-0.05, 0) is 62.3 Å². The third-order valence-electron chi connectivity index (χ3n) is 5.13. The van der Waals surface area contributed by atoms with Crippen LogP contribution in [0.1, 0.15) is 72.5 Å². The normalized spacial score (nSPS) is 13.5. The van der Waals surface area contributed by atoms with Crippen LogP contribution in [0.3, 0.4) is 0 Å². The van der Waals surface area contributed by atoms with Gasteiger partial charge in [0.05, 0.1) is 12.3 Å². The molecule has 2 aromatic rings. The van der Waals surface area contributed by atoms with Gasteiger partial charge in [-0.1, -0.05) is 13.8 Å². The number of benzene rings is 1. The number of carbonyl (C=O) groups excluding carboxylic acids is 1. The summed E-state index contributed by atoms with van der Waals surface area (Å²) < 4.78 is 8.05. The van der Waals surface area contributed by atoms with Crippen LogP contribution in [0, 0.1) is 6.92 Å². The minimum atomic E-state index is 0.235. The predicted molar refractivity (Wildman–Crippen MR) is 104 cm³/mol. The van der Waals surface area contributed by atoms with Crippen LogP contribution < -0.4 is 4.74 Å². The number of nitrogens with zero attached hydrogens (tertiary/aromatic N) is 2. The van der Waals surface area contributed by atoms with E-state index in [1.54, 1.807) is 0 Å². The van der Waals surface area contributed by atoms with Crippen molar-refractivity contribution in [2.75, 3.05) is 6.61 Å². The molecule has 1 aliphatic carbocycles. The SMILES string of the molecule is CCCOc1ccc(C(=O)CCn2cc(C)nc2CC)c2c1CCCC2. The number of ether oxygens (including phenoxy) is 1. The summed E-state index contributed by atoms with van der Waals surface area (Å²) in [5.74, 6) is 2.27. The summed E-state index contributed by atoms with van der Waals surface area (Å²) in [5, 5.41) is 0. The summed E-state index contributed by atoms with van der Waals surface area (Å²) in [7, 11) is 0. The molecule has 0 atom stereocenters. The number of ketones is 1. The molecule has 1 heterocycles. The Hall–Kier alpha value is -2.10. The molecule has 0 spiro atoms. The van der Waals surface area contributed by atoms with Crippen LogP contribution >= 0.6 is 0 Å². The number of hydrogen-bond donors (Lipinski definition) is 0. The Morgan fingerprint density at radius 2 is 1.96 bits per heavy atom. The molecule has 0 aliphatic heterocycles. The van der Waals surface area contributed by atoms with Crippen LogP contribution in [-0.4, -0.2) is 21.9 Å². The molecule has 4 heteroatoms. The van der Waals surface area contributed by atoms with Gasteiger partial charge in [-0.25, -0.2) is 4.98 Å². The van der Waals surface area contributed by atoms with Gasteiger partial charge < -0.3 is 9.30 Å². The van der Waals surface area contributed by atoms with Crippen LogP contribution in [0.15, 0.2) is 18.3 Å². The van der Waals surface area contributed by atoms with E-state index < -0.39 is 0 Å². The number of rotatable bonds is 8. The van der Waals surface area contributed by atoms with E-state index in [0.29, 0.717) is 13.0 Å².